The number of hydrogen-bond acceptors (Lipinski definition) is 5. The van der Waals surface area contributed by atoms with E-state index in [4.69, 9.17) is 4.74 Å². The smallest absolute Gasteiger partial charge is 0.338 e. The number of amides is 1. The van der Waals surface area contributed by atoms with Gasteiger partial charge in [-0.3, -0.25) is 4.79 Å². The number of nitrogens with zero attached hydrogens (tertiary/aromatic N) is 1. The van der Waals surface area contributed by atoms with Crippen LogP contribution in [0.3, 0.4) is 0 Å². The van der Waals surface area contributed by atoms with Crippen LogP contribution in [0.25, 0.3) is 0 Å². The molecular formula is C19H17IN2O3S. The second kappa shape index (κ2) is 8.18. The Morgan fingerprint density at radius 2 is 2.27 bits per heavy atom. The van der Waals surface area contributed by atoms with Crippen molar-refractivity contribution in [2.45, 2.75) is 26.2 Å². The van der Waals surface area contributed by atoms with Gasteiger partial charge in [0.15, 0.2) is 6.61 Å². The van der Waals surface area contributed by atoms with Crippen LogP contribution in [0.15, 0.2) is 24.3 Å². The SMILES string of the molecule is C[C@H]1CCc2c(sc(NC(=O)COC(=O)c3cccc(I)c3)c2C#N)C1. The molecule has 0 fully saturated rings. The summed E-state index contributed by atoms with van der Waals surface area (Å²) >= 11 is 3.56. The van der Waals surface area contributed by atoms with E-state index < -0.39 is 11.9 Å². The van der Waals surface area contributed by atoms with Crippen LogP contribution < -0.4 is 5.32 Å². The highest BCUT2D eigenvalue weighted by atomic mass is 127. The Kier molecular flexibility index (Phi) is 5.94. The van der Waals surface area contributed by atoms with E-state index in [9.17, 15) is 14.9 Å². The number of nitrogens with one attached hydrogen (secondary N) is 1. The van der Waals surface area contributed by atoms with Crippen molar-refractivity contribution in [1.82, 2.24) is 0 Å². The maximum atomic E-state index is 12.2. The summed E-state index contributed by atoms with van der Waals surface area (Å²) in [7, 11) is 0. The molecule has 1 atom stereocenters. The molecule has 1 amide bonds. The molecule has 1 aliphatic rings. The van der Waals surface area contributed by atoms with E-state index in [-0.39, 0.29) is 6.61 Å². The molecule has 0 saturated heterocycles. The minimum atomic E-state index is -0.543. The molecule has 1 aromatic carbocycles. The van der Waals surface area contributed by atoms with Gasteiger partial charge in [0, 0.05) is 8.45 Å². The number of carbonyl (C=O) groups is 2. The highest BCUT2D eigenvalue weighted by Gasteiger charge is 2.24. The van der Waals surface area contributed by atoms with Crippen LogP contribution in [0.4, 0.5) is 5.00 Å². The Morgan fingerprint density at radius 1 is 1.46 bits per heavy atom. The molecule has 1 aliphatic carbocycles. The number of fused-ring (bicyclic) bond motifs is 1. The van der Waals surface area contributed by atoms with Crippen molar-refractivity contribution >= 4 is 50.8 Å². The molecule has 2 aromatic rings. The van der Waals surface area contributed by atoms with Gasteiger partial charge in [0.1, 0.15) is 11.1 Å². The number of halogens is 1. The highest BCUT2D eigenvalue weighted by Crippen LogP contribution is 2.39. The van der Waals surface area contributed by atoms with Crippen molar-refractivity contribution in [2.75, 3.05) is 11.9 Å². The molecule has 0 bridgehead atoms. The van der Waals surface area contributed by atoms with Crippen molar-refractivity contribution in [3.05, 3.63) is 49.4 Å². The molecule has 5 nitrogen and oxygen atoms in total. The van der Waals surface area contributed by atoms with E-state index in [0.717, 1.165) is 28.4 Å². The summed E-state index contributed by atoms with van der Waals surface area (Å²) in [5.41, 5.74) is 2.01. The van der Waals surface area contributed by atoms with Crippen LogP contribution in [0.2, 0.25) is 0 Å². The summed E-state index contributed by atoms with van der Waals surface area (Å²) in [5.74, 6) is -0.392. The molecule has 1 N–H and O–H groups in total. The maximum Gasteiger partial charge on any atom is 0.338 e. The quantitative estimate of drug-likeness (QED) is 0.527. The zero-order valence-electron chi connectivity index (χ0n) is 14.2. The molecule has 0 aliphatic heterocycles. The second-order valence-corrected chi connectivity index (χ2v) is 8.65. The predicted molar refractivity (Wildman–Crippen MR) is 108 cm³/mol. The van der Waals surface area contributed by atoms with Crippen molar-refractivity contribution in [3.8, 4) is 6.07 Å². The van der Waals surface area contributed by atoms with E-state index in [1.54, 1.807) is 18.2 Å². The van der Waals surface area contributed by atoms with Gasteiger partial charge in [-0.25, -0.2) is 4.79 Å². The van der Waals surface area contributed by atoms with Gasteiger partial charge < -0.3 is 10.1 Å². The number of benzene rings is 1. The fourth-order valence-corrected chi connectivity index (χ4v) is 4.87. The Labute approximate surface area is 169 Å². The molecule has 26 heavy (non-hydrogen) atoms. The standard InChI is InChI=1S/C19H17IN2O3S/c1-11-5-6-14-15(9-21)18(26-16(14)7-11)22-17(23)10-25-19(24)12-3-2-4-13(20)8-12/h2-4,8,11H,5-7,10H2,1H3,(H,22,23)/t11-/m0/s1. The first-order valence-corrected chi connectivity index (χ1v) is 10.1. The zero-order valence-corrected chi connectivity index (χ0v) is 17.1. The van der Waals surface area contributed by atoms with Gasteiger partial charge in [0.2, 0.25) is 0 Å². The molecule has 0 saturated carbocycles. The van der Waals surface area contributed by atoms with Gasteiger partial charge in [-0.2, -0.15) is 5.26 Å². The molecule has 3 rings (SSSR count). The van der Waals surface area contributed by atoms with Crippen LogP contribution in [0, 0.1) is 20.8 Å². The van der Waals surface area contributed by atoms with Crippen molar-refractivity contribution in [3.63, 3.8) is 0 Å². The molecule has 0 spiro atoms. The van der Waals surface area contributed by atoms with Gasteiger partial charge in [-0.05, 0) is 71.5 Å². The van der Waals surface area contributed by atoms with E-state index in [2.05, 4.69) is 40.9 Å². The lowest BCUT2D eigenvalue weighted by molar-refractivity contribution is -0.119. The van der Waals surface area contributed by atoms with Gasteiger partial charge in [-0.15, -0.1) is 11.3 Å². The van der Waals surface area contributed by atoms with Crippen LogP contribution in [-0.4, -0.2) is 18.5 Å². The third-order valence-electron chi connectivity index (χ3n) is 4.27. The summed E-state index contributed by atoms with van der Waals surface area (Å²) in [5, 5.41) is 12.7. The maximum absolute atomic E-state index is 12.2. The van der Waals surface area contributed by atoms with Crippen molar-refractivity contribution in [2.24, 2.45) is 5.92 Å². The van der Waals surface area contributed by atoms with Crippen LogP contribution >= 0.6 is 33.9 Å². The first-order valence-electron chi connectivity index (χ1n) is 8.25. The van der Waals surface area contributed by atoms with Gasteiger partial charge in [0.25, 0.3) is 5.91 Å². The van der Waals surface area contributed by atoms with E-state index in [1.165, 1.54) is 16.2 Å². The van der Waals surface area contributed by atoms with E-state index in [0.29, 0.717) is 22.0 Å². The lowest BCUT2D eigenvalue weighted by atomic mass is 9.89. The summed E-state index contributed by atoms with van der Waals surface area (Å²) in [6.45, 7) is 1.81. The molecule has 0 radical (unpaired) electrons. The van der Waals surface area contributed by atoms with E-state index in [1.807, 2.05) is 6.07 Å². The monoisotopic (exact) mass is 480 g/mol. The summed E-state index contributed by atoms with van der Waals surface area (Å²) in [6, 6.07) is 9.18. The van der Waals surface area contributed by atoms with Gasteiger partial charge in [-0.1, -0.05) is 13.0 Å². The Balaban J connectivity index is 1.64. The number of carbonyl (C=O) groups excluding carboxylic acids is 2. The second-order valence-electron chi connectivity index (χ2n) is 6.30. The average Bonchev–Trinajstić information content (AvgIpc) is 2.95. The number of nitriles is 1. The Hall–Kier alpha value is -1.92. The fraction of sp³-hybridized carbons (Fsp3) is 0.316. The molecular weight excluding hydrogens is 463 g/mol. The molecule has 7 heteroatoms. The summed E-state index contributed by atoms with van der Waals surface area (Å²) in [6.07, 6.45) is 2.86. The number of esters is 1. The number of hydrogen-bond donors (Lipinski definition) is 1. The minimum absolute atomic E-state index is 0.381. The average molecular weight is 480 g/mol. The number of thiophene rings is 1. The molecule has 134 valence electrons. The van der Waals surface area contributed by atoms with Crippen LogP contribution in [0.5, 0.6) is 0 Å². The number of ether oxygens (including phenoxy) is 1. The lowest BCUT2D eigenvalue weighted by Crippen LogP contribution is -2.21. The first kappa shape index (κ1) is 18.9. The third-order valence-corrected chi connectivity index (χ3v) is 6.11. The van der Waals surface area contributed by atoms with Gasteiger partial charge in [0.05, 0.1) is 11.1 Å². The topological polar surface area (TPSA) is 79.2 Å². The Morgan fingerprint density at radius 3 is 3.00 bits per heavy atom. The lowest BCUT2D eigenvalue weighted by Gasteiger charge is -2.17. The highest BCUT2D eigenvalue weighted by molar-refractivity contribution is 14.1. The van der Waals surface area contributed by atoms with E-state index >= 15 is 0 Å². The summed E-state index contributed by atoms with van der Waals surface area (Å²) in [4.78, 5) is 25.4. The molecule has 0 unspecified atom stereocenters. The number of rotatable bonds is 4. The van der Waals surface area contributed by atoms with Gasteiger partial charge >= 0.3 is 5.97 Å². The normalized spacial score (nSPS) is 15.7. The molecule has 1 aromatic heterocycles. The van der Waals surface area contributed by atoms with Crippen LogP contribution in [0.1, 0.15) is 39.7 Å². The van der Waals surface area contributed by atoms with Crippen LogP contribution in [-0.2, 0) is 22.4 Å². The van der Waals surface area contributed by atoms with Crippen molar-refractivity contribution < 1.29 is 14.3 Å². The zero-order chi connectivity index (χ0) is 18.7. The largest absolute Gasteiger partial charge is 0.452 e. The Bertz CT molecular complexity index is 901. The fourth-order valence-electron chi connectivity index (χ4n) is 2.95. The molecule has 1 heterocycles. The first-order chi connectivity index (χ1) is 12.5. The minimum Gasteiger partial charge on any atom is -0.452 e. The summed E-state index contributed by atoms with van der Waals surface area (Å²) < 4.78 is 5.99. The third kappa shape index (κ3) is 4.24. The predicted octanol–water partition coefficient (Wildman–Crippen LogP) is 4.14. The van der Waals surface area contributed by atoms with Crippen molar-refractivity contribution in [1.29, 1.82) is 5.26 Å². The number of anilines is 1.